The van der Waals surface area contributed by atoms with Gasteiger partial charge < -0.3 is 10.1 Å². The normalized spacial score (nSPS) is 15.3. The molecule has 34 heavy (non-hydrogen) atoms. The maximum atomic E-state index is 12.7. The zero-order valence-corrected chi connectivity index (χ0v) is 21.0. The quantitative estimate of drug-likeness (QED) is 0.507. The van der Waals surface area contributed by atoms with Gasteiger partial charge >= 0.3 is 0 Å². The second-order valence-electron chi connectivity index (χ2n) is 8.42. The van der Waals surface area contributed by atoms with Crippen molar-refractivity contribution in [2.24, 2.45) is 0 Å². The summed E-state index contributed by atoms with van der Waals surface area (Å²) in [5.74, 6) is 0.00843. The summed E-state index contributed by atoms with van der Waals surface area (Å²) in [4.78, 5) is 12.5. The van der Waals surface area contributed by atoms with Gasteiger partial charge in [-0.1, -0.05) is 18.6 Å². The van der Waals surface area contributed by atoms with Gasteiger partial charge in [0.05, 0.1) is 9.79 Å². The molecule has 1 saturated heterocycles. The molecule has 0 unspecified atom stereocenters. The number of ether oxygens (including phenoxy) is 1. The summed E-state index contributed by atoms with van der Waals surface area (Å²) in [6.45, 7) is 4.56. The van der Waals surface area contributed by atoms with Crippen molar-refractivity contribution in [3.05, 3.63) is 54.1 Å². The molecule has 2 N–H and O–H groups in total. The lowest BCUT2D eigenvalue weighted by Crippen LogP contribution is -2.35. The summed E-state index contributed by atoms with van der Waals surface area (Å²) in [5.41, 5.74) is 0.762. The molecule has 0 bridgehead atoms. The fraction of sp³-hybridized carbons (Fsp3) is 0.435. The third-order valence-electron chi connectivity index (χ3n) is 5.26. The first-order valence-corrected chi connectivity index (χ1v) is 14.1. The van der Waals surface area contributed by atoms with Crippen LogP contribution in [-0.4, -0.2) is 52.8 Å². The molecule has 186 valence electrons. The van der Waals surface area contributed by atoms with Gasteiger partial charge in [-0.15, -0.1) is 0 Å². The van der Waals surface area contributed by atoms with Gasteiger partial charge in [-0.3, -0.25) is 4.79 Å². The fourth-order valence-corrected chi connectivity index (χ4v) is 6.30. The van der Waals surface area contributed by atoms with Gasteiger partial charge in [0.25, 0.3) is 5.91 Å². The van der Waals surface area contributed by atoms with Crippen LogP contribution in [0.15, 0.2) is 58.3 Å². The highest BCUT2D eigenvalue weighted by Gasteiger charge is 2.25. The Labute approximate surface area is 201 Å². The van der Waals surface area contributed by atoms with E-state index < -0.39 is 20.0 Å². The number of hydrogen-bond acceptors (Lipinski definition) is 6. The molecule has 0 spiro atoms. The van der Waals surface area contributed by atoms with Crippen molar-refractivity contribution in [1.82, 2.24) is 14.3 Å². The summed E-state index contributed by atoms with van der Waals surface area (Å²) < 4.78 is 59.2. The predicted octanol–water partition coefficient (Wildman–Crippen LogP) is 2.24. The van der Waals surface area contributed by atoms with E-state index in [1.807, 2.05) is 0 Å². The number of nitrogens with zero attached hydrogens (tertiary/aromatic N) is 1. The van der Waals surface area contributed by atoms with Gasteiger partial charge in [0.1, 0.15) is 5.75 Å². The highest BCUT2D eigenvalue weighted by atomic mass is 32.2. The number of amides is 1. The Morgan fingerprint density at radius 2 is 1.50 bits per heavy atom. The Balaban J connectivity index is 1.48. The van der Waals surface area contributed by atoms with Crippen molar-refractivity contribution in [2.45, 2.75) is 55.5 Å². The molecule has 1 aliphatic heterocycles. The SMILES string of the molecule is CC(C)NS(=O)(=O)c1ccc(OCC(=O)NCc2ccc(S(=O)(=O)N3CCCCC3)cc2)cc1. The molecule has 0 saturated carbocycles. The Hall–Kier alpha value is -2.47. The molecule has 0 radical (unpaired) electrons. The van der Waals surface area contributed by atoms with Crippen LogP contribution in [0.4, 0.5) is 0 Å². The monoisotopic (exact) mass is 509 g/mol. The van der Waals surface area contributed by atoms with Crippen LogP contribution in [0.3, 0.4) is 0 Å². The molecule has 1 amide bonds. The van der Waals surface area contributed by atoms with Crippen molar-refractivity contribution < 1.29 is 26.4 Å². The number of hydrogen-bond donors (Lipinski definition) is 2. The molecule has 3 rings (SSSR count). The zero-order valence-electron chi connectivity index (χ0n) is 19.4. The average Bonchev–Trinajstić information content (AvgIpc) is 2.81. The lowest BCUT2D eigenvalue weighted by atomic mass is 10.2. The molecule has 0 aromatic heterocycles. The van der Waals surface area contributed by atoms with Crippen LogP contribution in [0, 0.1) is 0 Å². The summed E-state index contributed by atoms with van der Waals surface area (Å²) in [7, 11) is -7.07. The smallest absolute Gasteiger partial charge is 0.258 e. The maximum Gasteiger partial charge on any atom is 0.258 e. The lowest BCUT2D eigenvalue weighted by molar-refractivity contribution is -0.123. The number of carbonyl (C=O) groups is 1. The van der Waals surface area contributed by atoms with Crippen LogP contribution in [0.5, 0.6) is 5.75 Å². The molecule has 11 heteroatoms. The number of piperidine rings is 1. The summed E-state index contributed by atoms with van der Waals surface area (Å²) >= 11 is 0. The minimum absolute atomic E-state index is 0.115. The molecule has 2 aromatic rings. The van der Waals surface area contributed by atoms with E-state index in [1.165, 1.54) is 28.6 Å². The molecule has 2 aromatic carbocycles. The van der Waals surface area contributed by atoms with Crippen LogP contribution in [0.25, 0.3) is 0 Å². The topological polar surface area (TPSA) is 122 Å². The molecule has 1 heterocycles. The third kappa shape index (κ3) is 7.02. The Bertz CT molecular complexity index is 1170. The molecule has 0 aliphatic carbocycles. The van der Waals surface area contributed by atoms with Gasteiger partial charge in [-0.25, -0.2) is 21.6 Å². The van der Waals surface area contributed by atoms with Crippen molar-refractivity contribution in [2.75, 3.05) is 19.7 Å². The minimum atomic E-state index is -3.59. The molecule has 1 fully saturated rings. The van der Waals surface area contributed by atoms with Crippen LogP contribution in [0.1, 0.15) is 38.7 Å². The van der Waals surface area contributed by atoms with E-state index in [0.717, 1.165) is 24.8 Å². The first-order valence-electron chi connectivity index (χ1n) is 11.2. The number of carbonyl (C=O) groups excluding carboxylic acids is 1. The number of benzene rings is 2. The standard InChI is InChI=1S/C23H31N3O6S2/c1-18(2)25-33(28,29)21-12-8-20(9-13-21)32-17-23(27)24-16-19-6-10-22(11-7-19)34(30,31)26-14-4-3-5-15-26/h6-13,18,25H,3-5,14-17H2,1-2H3,(H,24,27). The molecule has 9 nitrogen and oxygen atoms in total. The van der Waals surface area contributed by atoms with E-state index in [4.69, 9.17) is 4.74 Å². The molecule has 0 atom stereocenters. The van der Waals surface area contributed by atoms with E-state index in [2.05, 4.69) is 10.0 Å². The number of nitrogens with one attached hydrogen (secondary N) is 2. The molecular formula is C23H31N3O6S2. The largest absolute Gasteiger partial charge is 0.484 e. The van der Waals surface area contributed by atoms with Crippen molar-refractivity contribution >= 4 is 26.0 Å². The zero-order chi connectivity index (χ0) is 24.8. The van der Waals surface area contributed by atoms with E-state index in [9.17, 15) is 21.6 Å². The van der Waals surface area contributed by atoms with E-state index in [0.29, 0.717) is 18.8 Å². The highest BCUT2D eigenvalue weighted by Crippen LogP contribution is 2.21. The first kappa shape index (κ1) is 26.1. The van der Waals surface area contributed by atoms with Gasteiger partial charge in [-0.05, 0) is 68.7 Å². The van der Waals surface area contributed by atoms with Crippen LogP contribution in [-0.2, 0) is 31.4 Å². The minimum Gasteiger partial charge on any atom is -0.484 e. The Morgan fingerprint density at radius 3 is 2.09 bits per heavy atom. The van der Waals surface area contributed by atoms with Gasteiger partial charge in [0, 0.05) is 25.7 Å². The summed E-state index contributed by atoms with van der Waals surface area (Å²) in [5, 5.41) is 2.72. The fourth-order valence-electron chi connectivity index (χ4n) is 3.53. The van der Waals surface area contributed by atoms with Crippen LogP contribution in [0.2, 0.25) is 0 Å². The molecule has 1 aliphatic rings. The van der Waals surface area contributed by atoms with Gasteiger partial charge in [0.2, 0.25) is 20.0 Å². The Morgan fingerprint density at radius 1 is 0.912 bits per heavy atom. The Kier molecular flexibility index (Phi) is 8.69. The van der Waals surface area contributed by atoms with Gasteiger partial charge in [0.15, 0.2) is 6.61 Å². The second-order valence-corrected chi connectivity index (χ2v) is 12.1. The van der Waals surface area contributed by atoms with E-state index in [-0.39, 0.29) is 34.9 Å². The summed E-state index contributed by atoms with van der Waals surface area (Å²) in [6, 6.07) is 12.1. The van der Waals surface area contributed by atoms with E-state index in [1.54, 1.807) is 38.1 Å². The number of sulfonamides is 2. The average molecular weight is 510 g/mol. The van der Waals surface area contributed by atoms with Crippen molar-refractivity contribution in [3.8, 4) is 5.75 Å². The van der Waals surface area contributed by atoms with Crippen molar-refractivity contribution in [1.29, 1.82) is 0 Å². The second kappa shape index (κ2) is 11.3. The first-order chi connectivity index (χ1) is 16.1. The predicted molar refractivity (Wildman–Crippen MR) is 128 cm³/mol. The van der Waals surface area contributed by atoms with Crippen LogP contribution < -0.4 is 14.8 Å². The highest BCUT2D eigenvalue weighted by molar-refractivity contribution is 7.89. The summed E-state index contributed by atoms with van der Waals surface area (Å²) in [6.07, 6.45) is 2.81. The molecular weight excluding hydrogens is 478 g/mol. The van der Waals surface area contributed by atoms with Crippen molar-refractivity contribution in [3.63, 3.8) is 0 Å². The van der Waals surface area contributed by atoms with E-state index >= 15 is 0 Å². The third-order valence-corrected chi connectivity index (χ3v) is 8.85. The van der Waals surface area contributed by atoms with Crippen LogP contribution >= 0.6 is 0 Å². The lowest BCUT2D eigenvalue weighted by Gasteiger charge is -2.25. The van der Waals surface area contributed by atoms with Gasteiger partial charge in [-0.2, -0.15) is 4.31 Å². The number of rotatable bonds is 10. The maximum absolute atomic E-state index is 12.7.